The Labute approximate surface area is 155 Å². The highest BCUT2D eigenvalue weighted by molar-refractivity contribution is 7.12. The number of nitrogens with one attached hydrogen (secondary N) is 2. The van der Waals surface area contributed by atoms with Gasteiger partial charge in [0.1, 0.15) is 0 Å². The fraction of sp³-hybridized carbons (Fsp3) is 0.316. The zero-order valence-electron chi connectivity index (χ0n) is 14.9. The van der Waals surface area contributed by atoms with Gasteiger partial charge in [0.15, 0.2) is 0 Å². The number of H-pyrrole nitrogens is 1. The molecule has 1 amide bonds. The number of carbonyl (C=O) groups excluding carboxylic acids is 1. The molecule has 0 bridgehead atoms. The van der Waals surface area contributed by atoms with E-state index in [-0.39, 0.29) is 11.5 Å². The van der Waals surface area contributed by atoms with Crippen LogP contribution in [0.5, 0.6) is 0 Å². The van der Waals surface area contributed by atoms with Crippen molar-refractivity contribution in [3.8, 4) is 16.4 Å². The first-order chi connectivity index (χ1) is 12.6. The molecular weight excluding hydrogens is 348 g/mol. The maximum Gasteiger partial charge on any atom is 0.276 e. The molecule has 0 spiro atoms. The number of benzene rings is 1. The van der Waals surface area contributed by atoms with Gasteiger partial charge in [0.05, 0.1) is 5.69 Å². The number of nitrogens with zero attached hydrogens (tertiary/aromatic N) is 2. The van der Waals surface area contributed by atoms with Crippen molar-refractivity contribution in [2.45, 2.75) is 33.1 Å². The number of thiazole rings is 1. The zero-order chi connectivity index (χ0) is 18.5. The van der Waals surface area contributed by atoms with E-state index in [0.29, 0.717) is 30.1 Å². The number of rotatable bonds is 7. The molecule has 2 aromatic heterocycles. The lowest BCUT2D eigenvalue weighted by Crippen LogP contribution is -2.25. The van der Waals surface area contributed by atoms with E-state index >= 15 is 0 Å². The second-order valence-corrected chi connectivity index (χ2v) is 6.92. The van der Waals surface area contributed by atoms with E-state index in [1.54, 1.807) is 0 Å². The minimum absolute atomic E-state index is 0.0287. The van der Waals surface area contributed by atoms with Crippen LogP contribution >= 0.6 is 11.3 Å². The van der Waals surface area contributed by atoms with Crippen LogP contribution in [0.25, 0.3) is 16.4 Å². The predicted octanol–water partition coefficient (Wildman–Crippen LogP) is 3.06. The molecule has 1 aromatic carbocycles. The number of amides is 1. The molecule has 0 fully saturated rings. The lowest BCUT2D eigenvalue weighted by molar-refractivity contribution is -0.121. The molecule has 6 nitrogen and oxygen atoms in total. The monoisotopic (exact) mass is 370 g/mol. The highest BCUT2D eigenvalue weighted by Crippen LogP contribution is 2.23. The van der Waals surface area contributed by atoms with Crippen molar-refractivity contribution < 1.29 is 4.79 Å². The van der Waals surface area contributed by atoms with Gasteiger partial charge < -0.3 is 5.32 Å². The topological polar surface area (TPSA) is 79.8 Å². The van der Waals surface area contributed by atoms with Gasteiger partial charge in [0.2, 0.25) is 11.0 Å². The van der Waals surface area contributed by atoms with Crippen molar-refractivity contribution in [1.82, 2.24) is 20.1 Å². The van der Waals surface area contributed by atoms with Crippen molar-refractivity contribution in [3.63, 3.8) is 0 Å². The molecule has 2 N–H and O–H groups in total. The summed E-state index contributed by atoms with van der Waals surface area (Å²) in [5.41, 5.74) is 3.12. The summed E-state index contributed by atoms with van der Waals surface area (Å²) < 4.78 is 1.46. The van der Waals surface area contributed by atoms with Crippen LogP contribution < -0.4 is 10.9 Å². The Morgan fingerprint density at radius 3 is 2.81 bits per heavy atom. The van der Waals surface area contributed by atoms with E-state index in [4.69, 9.17) is 0 Å². The smallest absolute Gasteiger partial charge is 0.276 e. The Balaban J connectivity index is 1.79. The summed E-state index contributed by atoms with van der Waals surface area (Å²) >= 11 is 1.41. The second-order valence-electron chi connectivity index (χ2n) is 6.09. The van der Waals surface area contributed by atoms with Crippen LogP contribution in [0.15, 0.2) is 40.5 Å². The molecular formula is C19H22N4O2S. The van der Waals surface area contributed by atoms with E-state index in [9.17, 15) is 9.59 Å². The Kier molecular flexibility index (Phi) is 5.68. The summed E-state index contributed by atoms with van der Waals surface area (Å²) in [5.74, 6) is -0.0287. The third-order valence-corrected chi connectivity index (χ3v) is 4.95. The van der Waals surface area contributed by atoms with Crippen molar-refractivity contribution in [2.75, 3.05) is 6.54 Å². The lowest BCUT2D eigenvalue weighted by Gasteiger charge is -2.02. The molecule has 3 rings (SSSR count). The summed E-state index contributed by atoms with van der Waals surface area (Å²) in [6, 6.07) is 9.85. The first-order valence-corrected chi connectivity index (χ1v) is 9.56. The van der Waals surface area contributed by atoms with E-state index in [1.165, 1.54) is 16.0 Å². The zero-order valence-corrected chi connectivity index (χ0v) is 15.7. The van der Waals surface area contributed by atoms with E-state index in [2.05, 4.69) is 15.4 Å². The molecule has 0 radical (unpaired) electrons. The maximum absolute atomic E-state index is 12.7. The van der Waals surface area contributed by atoms with Gasteiger partial charge in [-0.15, -0.1) is 11.3 Å². The number of carbonyl (C=O) groups is 1. The van der Waals surface area contributed by atoms with Gasteiger partial charge in [-0.25, -0.2) is 4.98 Å². The average molecular weight is 370 g/mol. The molecule has 0 saturated heterocycles. The summed E-state index contributed by atoms with van der Waals surface area (Å²) in [4.78, 5) is 29.1. The molecule has 0 aliphatic carbocycles. The number of hydrogen-bond donors (Lipinski definition) is 2. The average Bonchev–Trinajstić information content (AvgIpc) is 3.24. The van der Waals surface area contributed by atoms with Crippen LogP contribution in [0.1, 0.15) is 31.0 Å². The van der Waals surface area contributed by atoms with Crippen LogP contribution in [-0.4, -0.2) is 27.2 Å². The molecule has 3 aromatic rings. The first kappa shape index (κ1) is 18.1. The van der Waals surface area contributed by atoms with Crippen molar-refractivity contribution >= 4 is 17.2 Å². The van der Waals surface area contributed by atoms with Gasteiger partial charge in [-0.05, 0) is 19.8 Å². The lowest BCUT2D eigenvalue weighted by atomic mass is 10.1. The van der Waals surface area contributed by atoms with Crippen LogP contribution in [-0.2, 0) is 11.2 Å². The van der Waals surface area contributed by atoms with Gasteiger partial charge in [-0.1, -0.05) is 37.3 Å². The molecule has 26 heavy (non-hydrogen) atoms. The Morgan fingerprint density at radius 2 is 2.08 bits per heavy atom. The molecule has 7 heteroatoms. The van der Waals surface area contributed by atoms with Crippen molar-refractivity contribution in [1.29, 1.82) is 0 Å². The molecule has 0 unspecified atom stereocenters. The Morgan fingerprint density at radius 1 is 1.31 bits per heavy atom. The van der Waals surface area contributed by atoms with Crippen LogP contribution in [0.2, 0.25) is 0 Å². The Hall–Kier alpha value is -2.67. The third kappa shape index (κ3) is 3.94. The highest BCUT2D eigenvalue weighted by atomic mass is 32.1. The van der Waals surface area contributed by atoms with Gasteiger partial charge in [0.25, 0.3) is 5.56 Å². The minimum Gasteiger partial charge on any atom is -0.356 e. The van der Waals surface area contributed by atoms with Gasteiger partial charge in [0, 0.05) is 35.2 Å². The molecule has 0 aliphatic rings. The summed E-state index contributed by atoms with van der Waals surface area (Å²) in [6.45, 7) is 4.52. The number of hydrogen-bond acceptors (Lipinski definition) is 4. The van der Waals surface area contributed by atoms with Crippen LogP contribution in [0.4, 0.5) is 0 Å². The maximum atomic E-state index is 12.7. The molecule has 2 heterocycles. The normalized spacial score (nSPS) is 10.8. The molecule has 0 aliphatic heterocycles. The molecule has 0 atom stereocenters. The summed E-state index contributed by atoms with van der Waals surface area (Å²) in [5, 5.41) is 8.45. The summed E-state index contributed by atoms with van der Waals surface area (Å²) in [6.07, 6.45) is 1.62. The molecule has 136 valence electrons. The number of aromatic amines is 1. The van der Waals surface area contributed by atoms with Gasteiger partial charge >= 0.3 is 0 Å². The third-order valence-electron chi connectivity index (χ3n) is 4.12. The van der Waals surface area contributed by atoms with E-state index in [0.717, 1.165) is 23.4 Å². The number of aromatic nitrogens is 3. The SMILES string of the molecule is CCCNC(=O)CCc1c(C)[nH]n(-c2nc(-c3ccccc3)cs2)c1=O. The van der Waals surface area contributed by atoms with Crippen LogP contribution in [0, 0.1) is 6.92 Å². The van der Waals surface area contributed by atoms with E-state index in [1.807, 2.05) is 49.6 Å². The standard InChI is InChI=1S/C19H22N4O2S/c1-3-11-20-17(24)10-9-15-13(2)22-23(18(15)25)19-21-16(12-26-19)14-7-5-4-6-8-14/h4-8,12,22H,3,9-11H2,1-2H3,(H,20,24). The van der Waals surface area contributed by atoms with Gasteiger partial charge in [-0.3, -0.25) is 14.7 Å². The number of aryl methyl sites for hydroxylation is 1. The Bertz CT molecular complexity index is 940. The fourth-order valence-corrected chi connectivity index (χ4v) is 3.50. The second kappa shape index (κ2) is 8.14. The van der Waals surface area contributed by atoms with Gasteiger partial charge in [-0.2, -0.15) is 4.68 Å². The quantitative estimate of drug-likeness (QED) is 0.671. The fourth-order valence-electron chi connectivity index (χ4n) is 2.71. The van der Waals surface area contributed by atoms with E-state index < -0.39 is 0 Å². The van der Waals surface area contributed by atoms with Crippen molar-refractivity contribution in [3.05, 3.63) is 57.3 Å². The predicted molar refractivity (Wildman–Crippen MR) is 104 cm³/mol. The first-order valence-electron chi connectivity index (χ1n) is 8.68. The largest absolute Gasteiger partial charge is 0.356 e. The highest BCUT2D eigenvalue weighted by Gasteiger charge is 2.16. The van der Waals surface area contributed by atoms with Crippen molar-refractivity contribution in [2.24, 2.45) is 0 Å². The molecule has 0 saturated carbocycles. The minimum atomic E-state index is -0.139. The van der Waals surface area contributed by atoms with Crippen LogP contribution in [0.3, 0.4) is 0 Å². The summed E-state index contributed by atoms with van der Waals surface area (Å²) in [7, 11) is 0.